The summed E-state index contributed by atoms with van der Waals surface area (Å²) < 4.78 is 45.7. The quantitative estimate of drug-likeness (QED) is 0.267. The maximum Gasteiger partial charge on any atom is 0.416 e. The van der Waals surface area contributed by atoms with E-state index in [1.165, 1.54) is 6.07 Å². The first-order valence-electron chi connectivity index (χ1n) is 11.0. The number of benzene rings is 3. The van der Waals surface area contributed by atoms with Gasteiger partial charge in [0.1, 0.15) is 23.0 Å². The van der Waals surface area contributed by atoms with Crippen molar-refractivity contribution in [1.29, 1.82) is 0 Å². The molecule has 5 nitrogen and oxygen atoms in total. The van der Waals surface area contributed by atoms with Crippen LogP contribution in [0, 0.1) is 0 Å². The van der Waals surface area contributed by atoms with E-state index in [2.05, 4.69) is 20.3 Å². The third kappa shape index (κ3) is 5.50. The molecule has 2 heterocycles. The lowest BCUT2D eigenvalue weighted by atomic mass is 10.1. The molecule has 36 heavy (non-hydrogen) atoms. The summed E-state index contributed by atoms with van der Waals surface area (Å²) in [6, 6.07) is 28.6. The maximum atomic E-state index is 13.3. The number of pyridine rings is 1. The number of rotatable bonds is 6. The highest BCUT2D eigenvalue weighted by Gasteiger charge is 2.30. The summed E-state index contributed by atoms with van der Waals surface area (Å²) >= 11 is 0. The Morgan fingerprint density at radius 3 is 2.14 bits per heavy atom. The van der Waals surface area contributed by atoms with Crippen LogP contribution in [0.3, 0.4) is 0 Å². The number of hydrogen-bond acceptors (Lipinski definition) is 5. The fourth-order valence-corrected chi connectivity index (χ4v) is 3.50. The SMILES string of the molecule is FC(F)(F)c1cccc(-c2cc(Nc3ccc(Oc4ccccc4)cc3)nc(-c3ccccn3)n2)c1. The van der Waals surface area contributed by atoms with Crippen molar-refractivity contribution in [1.82, 2.24) is 15.0 Å². The van der Waals surface area contributed by atoms with Gasteiger partial charge in [0.2, 0.25) is 0 Å². The van der Waals surface area contributed by atoms with E-state index in [0.717, 1.165) is 23.6 Å². The van der Waals surface area contributed by atoms with E-state index >= 15 is 0 Å². The van der Waals surface area contributed by atoms with Crippen LogP contribution >= 0.6 is 0 Å². The van der Waals surface area contributed by atoms with Gasteiger partial charge in [-0.3, -0.25) is 4.98 Å². The smallest absolute Gasteiger partial charge is 0.416 e. The second kappa shape index (κ2) is 9.87. The second-order valence-electron chi connectivity index (χ2n) is 7.82. The van der Waals surface area contributed by atoms with Crippen molar-refractivity contribution in [3.63, 3.8) is 0 Å². The molecule has 0 spiro atoms. The van der Waals surface area contributed by atoms with Crippen LogP contribution in [0.25, 0.3) is 22.8 Å². The summed E-state index contributed by atoms with van der Waals surface area (Å²) in [5, 5.41) is 3.20. The summed E-state index contributed by atoms with van der Waals surface area (Å²) in [7, 11) is 0. The number of ether oxygens (including phenoxy) is 1. The van der Waals surface area contributed by atoms with Crippen molar-refractivity contribution in [2.24, 2.45) is 0 Å². The minimum absolute atomic E-state index is 0.289. The fraction of sp³-hybridized carbons (Fsp3) is 0.0357. The van der Waals surface area contributed by atoms with Gasteiger partial charge in [-0.25, -0.2) is 9.97 Å². The van der Waals surface area contributed by atoms with Crippen LogP contribution in [0.15, 0.2) is 109 Å². The Kier molecular flexibility index (Phi) is 6.32. The summed E-state index contributed by atoms with van der Waals surface area (Å²) in [5.74, 6) is 2.08. The third-order valence-electron chi connectivity index (χ3n) is 5.21. The number of para-hydroxylation sites is 1. The highest BCUT2D eigenvalue weighted by Crippen LogP contribution is 2.33. The van der Waals surface area contributed by atoms with E-state index in [1.54, 1.807) is 36.5 Å². The number of nitrogens with zero attached hydrogens (tertiary/aromatic N) is 3. The molecule has 5 aromatic rings. The molecule has 0 fully saturated rings. The molecule has 8 heteroatoms. The standard InChI is InChI=1S/C28H19F3N4O/c29-28(30,31)20-8-6-7-19(17-20)25-18-26(35-27(34-25)24-11-4-5-16-32-24)33-21-12-14-23(15-13-21)36-22-9-2-1-3-10-22/h1-18H,(H,33,34,35). The minimum Gasteiger partial charge on any atom is -0.457 e. The Bertz CT molecular complexity index is 1460. The van der Waals surface area contributed by atoms with E-state index < -0.39 is 11.7 Å². The average molecular weight is 484 g/mol. The van der Waals surface area contributed by atoms with Crippen LogP contribution in [0.2, 0.25) is 0 Å². The van der Waals surface area contributed by atoms with Gasteiger partial charge in [-0.15, -0.1) is 0 Å². The number of hydrogen-bond donors (Lipinski definition) is 1. The molecule has 0 atom stereocenters. The highest BCUT2D eigenvalue weighted by molar-refractivity contribution is 5.69. The molecule has 0 amide bonds. The monoisotopic (exact) mass is 484 g/mol. The van der Waals surface area contributed by atoms with E-state index in [-0.39, 0.29) is 5.82 Å². The first-order valence-corrected chi connectivity index (χ1v) is 11.0. The lowest BCUT2D eigenvalue weighted by molar-refractivity contribution is -0.137. The lowest BCUT2D eigenvalue weighted by Gasteiger charge is -2.12. The number of alkyl halides is 3. The predicted octanol–water partition coefficient (Wildman–Crippen LogP) is 7.76. The number of nitrogens with one attached hydrogen (secondary N) is 1. The van der Waals surface area contributed by atoms with Gasteiger partial charge in [0.25, 0.3) is 0 Å². The molecule has 178 valence electrons. The second-order valence-corrected chi connectivity index (χ2v) is 7.82. The minimum atomic E-state index is -4.46. The van der Waals surface area contributed by atoms with Crippen LogP contribution in [0.5, 0.6) is 11.5 Å². The zero-order valence-electron chi connectivity index (χ0n) is 18.8. The molecule has 0 aliphatic heterocycles. The Morgan fingerprint density at radius 2 is 1.42 bits per heavy atom. The molecule has 2 aromatic heterocycles. The maximum absolute atomic E-state index is 13.3. The van der Waals surface area contributed by atoms with Gasteiger partial charge in [-0.2, -0.15) is 13.2 Å². The fourth-order valence-electron chi connectivity index (χ4n) is 3.50. The van der Waals surface area contributed by atoms with Gasteiger partial charge < -0.3 is 10.1 Å². The molecule has 0 aliphatic carbocycles. The van der Waals surface area contributed by atoms with E-state index in [1.807, 2.05) is 54.6 Å². The van der Waals surface area contributed by atoms with Gasteiger partial charge >= 0.3 is 6.18 Å². The zero-order chi connectivity index (χ0) is 25.0. The average Bonchev–Trinajstić information content (AvgIpc) is 2.90. The summed E-state index contributed by atoms with van der Waals surface area (Å²) in [6.07, 6.45) is -2.86. The van der Waals surface area contributed by atoms with Crippen LogP contribution in [0.4, 0.5) is 24.7 Å². The van der Waals surface area contributed by atoms with E-state index in [0.29, 0.717) is 28.5 Å². The molecule has 3 aromatic carbocycles. The number of aromatic nitrogens is 3. The normalized spacial score (nSPS) is 11.2. The lowest BCUT2D eigenvalue weighted by Crippen LogP contribution is -2.05. The van der Waals surface area contributed by atoms with Crippen LogP contribution < -0.4 is 10.1 Å². The summed E-state index contributed by atoms with van der Waals surface area (Å²) in [6.45, 7) is 0. The Balaban J connectivity index is 1.47. The number of anilines is 2. The van der Waals surface area contributed by atoms with Crippen LogP contribution in [0.1, 0.15) is 5.56 Å². The molecule has 1 N–H and O–H groups in total. The molecule has 0 unspecified atom stereocenters. The molecule has 5 rings (SSSR count). The largest absolute Gasteiger partial charge is 0.457 e. The zero-order valence-corrected chi connectivity index (χ0v) is 18.8. The molecule has 0 saturated carbocycles. The predicted molar refractivity (Wildman–Crippen MR) is 132 cm³/mol. The molecule has 0 saturated heterocycles. The van der Waals surface area contributed by atoms with E-state index in [9.17, 15) is 13.2 Å². The van der Waals surface area contributed by atoms with Crippen molar-refractivity contribution in [3.05, 3.63) is 115 Å². The highest BCUT2D eigenvalue weighted by atomic mass is 19.4. The van der Waals surface area contributed by atoms with Gasteiger partial charge in [0.15, 0.2) is 5.82 Å². The van der Waals surface area contributed by atoms with Gasteiger partial charge in [-0.1, -0.05) is 36.4 Å². The summed E-state index contributed by atoms with van der Waals surface area (Å²) in [5.41, 5.74) is 1.13. The van der Waals surface area contributed by atoms with Crippen LogP contribution in [-0.2, 0) is 6.18 Å². The van der Waals surface area contributed by atoms with Gasteiger partial charge in [-0.05, 0) is 60.7 Å². The van der Waals surface area contributed by atoms with E-state index in [4.69, 9.17) is 4.74 Å². The Hall–Kier alpha value is -4.72. The molecule has 0 radical (unpaired) electrons. The van der Waals surface area contributed by atoms with Crippen LogP contribution in [-0.4, -0.2) is 15.0 Å². The van der Waals surface area contributed by atoms with Gasteiger partial charge in [0, 0.05) is 23.5 Å². The topological polar surface area (TPSA) is 59.9 Å². The van der Waals surface area contributed by atoms with Crippen molar-refractivity contribution in [3.8, 4) is 34.3 Å². The van der Waals surface area contributed by atoms with Crippen molar-refractivity contribution >= 4 is 11.5 Å². The van der Waals surface area contributed by atoms with Crippen molar-refractivity contribution < 1.29 is 17.9 Å². The third-order valence-corrected chi connectivity index (χ3v) is 5.21. The van der Waals surface area contributed by atoms with Crippen molar-refractivity contribution in [2.45, 2.75) is 6.18 Å². The summed E-state index contributed by atoms with van der Waals surface area (Å²) in [4.78, 5) is 13.3. The molecular formula is C28H19F3N4O. The van der Waals surface area contributed by atoms with Crippen molar-refractivity contribution in [2.75, 3.05) is 5.32 Å². The first-order chi connectivity index (χ1) is 17.4. The van der Waals surface area contributed by atoms with Gasteiger partial charge in [0.05, 0.1) is 11.3 Å². The first kappa shape index (κ1) is 23.0. The Morgan fingerprint density at radius 1 is 0.667 bits per heavy atom. The molecule has 0 bridgehead atoms. The number of halogens is 3. The Labute approximate surface area is 205 Å². The molecule has 0 aliphatic rings. The molecular weight excluding hydrogens is 465 g/mol.